The Bertz CT molecular complexity index is 1280. The first-order valence-electron chi connectivity index (χ1n) is 9.55. The lowest BCUT2D eigenvalue weighted by Crippen LogP contribution is -2.41. The quantitative estimate of drug-likeness (QED) is 0.469. The van der Waals surface area contributed by atoms with E-state index in [1.165, 1.54) is 29.0 Å². The molecule has 0 saturated carbocycles. The van der Waals surface area contributed by atoms with Crippen molar-refractivity contribution in [1.29, 1.82) is 0 Å². The molecule has 1 aliphatic rings. The number of halogens is 3. The van der Waals surface area contributed by atoms with Crippen LogP contribution in [0.5, 0.6) is 0 Å². The normalized spacial score (nSPS) is 18.4. The van der Waals surface area contributed by atoms with Crippen LogP contribution in [0.4, 0.5) is 10.1 Å². The summed E-state index contributed by atoms with van der Waals surface area (Å²) in [6, 6.07) is 7.98. The van der Waals surface area contributed by atoms with Crippen LogP contribution in [0.3, 0.4) is 0 Å². The topological polar surface area (TPSA) is 67.2 Å². The lowest BCUT2D eigenvalue weighted by atomic mass is 9.87. The number of aromatic nitrogens is 2. The molecule has 2 heterocycles. The zero-order valence-corrected chi connectivity index (χ0v) is 18.2. The first-order valence-corrected chi connectivity index (χ1v) is 10.3. The van der Waals surface area contributed by atoms with Gasteiger partial charge in [0.25, 0.3) is 5.56 Å². The van der Waals surface area contributed by atoms with Crippen LogP contribution in [-0.4, -0.2) is 33.4 Å². The number of anilines is 1. The zero-order valence-electron chi connectivity index (χ0n) is 16.7. The number of hydrogen-bond acceptors (Lipinski definition) is 4. The molecule has 6 nitrogen and oxygen atoms in total. The van der Waals surface area contributed by atoms with Gasteiger partial charge in [-0.15, -0.1) is 0 Å². The number of amides is 1. The molecule has 3 aromatic rings. The third-order valence-corrected chi connectivity index (χ3v) is 6.45. The molecule has 0 spiro atoms. The van der Waals surface area contributed by atoms with E-state index in [-0.39, 0.29) is 33.6 Å². The van der Waals surface area contributed by atoms with E-state index in [4.69, 9.17) is 23.2 Å². The highest BCUT2D eigenvalue weighted by Crippen LogP contribution is 2.43. The molecule has 160 valence electrons. The van der Waals surface area contributed by atoms with Crippen LogP contribution in [0.15, 0.2) is 54.0 Å². The van der Waals surface area contributed by atoms with Crippen LogP contribution in [0.25, 0.3) is 11.0 Å². The first-order chi connectivity index (χ1) is 14.8. The van der Waals surface area contributed by atoms with E-state index in [9.17, 15) is 9.59 Å². The zero-order chi connectivity index (χ0) is 22.3. The molecule has 9 heteroatoms. The number of aryl methyl sites for hydroxylation is 1. The van der Waals surface area contributed by atoms with Crippen LogP contribution in [0.2, 0.25) is 10.0 Å². The van der Waals surface area contributed by atoms with E-state index in [0.29, 0.717) is 29.7 Å². The maximum Gasteiger partial charge on any atom is 0.269 e. The highest BCUT2D eigenvalue weighted by Gasteiger charge is 2.44. The predicted molar refractivity (Wildman–Crippen MR) is 120 cm³/mol. The highest BCUT2D eigenvalue weighted by molar-refractivity contribution is 6.42. The summed E-state index contributed by atoms with van der Waals surface area (Å²) >= 11 is 12.6. The van der Waals surface area contributed by atoms with Crippen molar-refractivity contribution in [2.75, 3.05) is 18.4 Å². The Labute approximate surface area is 187 Å². The lowest BCUT2D eigenvalue weighted by molar-refractivity contribution is -0.125. The molecular formula is C22H19Cl2FN4O2. The van der Waals surface area contributed by atoms with Crippen LogP contribution in [-0.2, 0) is 17.4 Å². The fourth-order valence-corrected chi connectivity index (χ4v) is 4.54. The molecule has 4 rings (SSSR count). The van der Waals surface area contributed by atoms with Gasteiger partial charge in [0.1, 0.15) is 5.82 Å². The van der Waals surface area contributed by atoms with E-state index in [1.54, 1.807) is 30.1 Å². The minimum absolute atomic E-state index is 0.0944. The summed E-state index contributed by atoms with van der Waals surface area (Å²) < 4.78 is 16.5. The van der Waals surface area contributed by atoms with Gasteiger partial charge in [-0.2, -0.15) is 0 Å². The predicted octanol–water partition coefficient (Wildman–Crippen LogP) is 4.11. The smallest absolute Gasteiger partial charge is 0.269 e. The van der Waals surface area contributed by atoms with Crippen molar-refractivity contribution >= 4 is 45.8 Å². The summed E-state index contributed by atoms with van der Waals surface area (Å²) in [5.41, 5.74) is 0.803. The summed E-state index contributed by atoms with van der Waals surface area (Å²) in [6.45, 7) is 4.09. The van der Waals surface area contributed by atoms with E-state index in [2.05, 4.69) is 16.9 Å². The third-order valence-electron chi connectivity index (χ3n) is 5.64. The number of carbonyl (C=O) groups is 1. The van der Waals surface area contributed by atoms with Gasteiger partial charge in [0.2, 0.25) is 5.91 Å². The van der Waals surface area contributed by atoms with Crippen molar-refractivity contribution in [2.45, 2.75) is 12.0 Å². The maximum atomic E-state index is 15.0. The Morgan fingerprint density at radius 1 is 1.32 bits per heavy atom. The van der Waals surface area contributed by atoms with Gasteiger partial charge in [0.15, 0.2) is 0 Å². The van der Waals surface area contributed by atoms with Crippen molar-refractivity contribution in [1.82, 2.24) is 14.5 Å². The number of nitrogens with zero attached hydrogens (tertiary/aromatic N) is 3. The van der Waals surface area contributed by atoms with Gasteiger partial charge in [0.05, 0.1) is 32.8 Å². The summed E-state index contributed by atoms with van der Waals surface area (Å²) in [5, 5.41) is 3.69. The molecule has 1 aliphatic heterocycles. The fraction of sp³-hybridized carbons (Fsp3) is 0.227. The van der Waals surface area contributed by atoms with Crippen LogP contribution in [0.1, 0.15) is 12.0 Å². The van der Waals surface area contributed by atoms with Crippen LogP contribution < -0.4 is 10.9 Å². The molecular weight excluding hydrogens is 442 g/mol. The van der Waals surface area contributed by atoms with Crippen molar-refractivity contribution in [3.8, 4) is 0 Å². The van der Waals surface area contributed by atoms with E-state index in [0.717, 1.165) is 0 Å². The molecule has 1 fully saturated rings. The average molecular weight is 461 g/mol. The van der Waals surface area contributed by atoms with Gasteiger partial charge >= 0.3 is 0 Å². The van der Waals surface area contributed by atoms with Gasteiger partial charge in [0, 0.05) is 31.4 Å². The average Bonchev–Trinajstić information content (AvgIpc) is 3.18. The van der Waals surface area contributed by atoms with Crippen LogP contribution >= 0.6 is 23.2 Å². The van der Waals surface area contributed by atoms with Crippen LogP contribution in [0, 0.1) is 5.82 Å². The molecule has 1 saturated heterocycles. The van der Waals surface area contributed by atoms with E-state index < -0.39 is 11.4 Å². The number of hydrogen-bond donors (Lipinski definition) is 1. The molecule has 0 aliphatic carbocycles. The Morgan fingerprint density at radius 2 is 2.10 bits per heavy atom. The molecule has 0 radical (unpaired) electrons. The van der Waals surface area contributed by atoms with Crippen molar-refractivity contribution in [3.05, 3.63) is 81.0 Å². The summed E-state index contributed by atoms with van der Waals surface area (Å²) in [4.78, 5) is 30.0. The highest BCUT2D eigenvalue weighted by atomic mass is 35.5. The summed E-state index contributed by atoms with van der Waals surface area (Å²) in [5.74, 6) is -0.781. The van der Waals surface area contributed by atoms with Crippen molar-refractivity contribution < 1.29 is 9.18 Å². The molecule has 0 unspecified atom stereocenters. The standard InChI is InChI=1S/C22H19Cl2FN4O2/c1-3-18(30)29-9-8-22(12-29,20-15(25)6-5-14(23)21(20)24)27-13-4-7-16-17(10-13)28(2)19(31)11-26-16/h3-7,10-11,27H,1,8-9,12H2,2H3/t22-/m1/s1. The van der Waals surface area contributed by atoms with Crippen molar-refractivity contribution in [2.24, 2.45) is 7.05 Å². The van der Waals surface area contributed by atoms with E-state index in [1.807, 2.05) is 0 Å². The molecule has 0 bridgehead atoms. The van der Waals surface area contributed by atoms with Gasteiger partial charge in [-0.25, -0.2) is 9.37 Å². The van der Waals surface area contributed by atoms with Gasteiger partial charge in [-0.05, 0) is 42.8 Å². The Morgan fingerprint density at radius 3 is 2.84 bits per heavy atom. The SMILES string of the molecule is C=CC(=O)N1CC[C@](Nc2ccc3ncc(=O)n(C)c3c2)(c2c(F)ccc(Cl)c2Cl)C1. The molecule has 2 aromatic carbocycles. The van der Waals surface area contributed by atoms with E-state index >= 15 is 4.39 Å². The molecule has 31 heavy (non-hydrogen) atoms. The largest absolute Gasteiger partial charge is 0.373 e. The monoisotopic (exact) mass is 460 g/mol. The third kappa shape index (κ3) is 3.68. The number of nitrogens with one attached hydrogen (secondary N) is 1. The Balaban J connectivity index is 1.85. The molecule has 1 N–H and O–H groups in total. The number of fused-ring (bicyclic) bond motifs is 1. The molecule has 1 aromatic heterocycles. The van der Waals surface area contributed by atoms with Gasteiger partial charge in [-0.1, -0.05) is 29.8 Å². The van der Waals surface area contributed by atoms with Gasteiger partial charge in [-0.3, -0.25) is 9.59 Å². The second-order valence-electron chi connectivity index (χ2n) is 7.50. The number of rotatable bonds is 4. The van der Waals surface area contributed by atoms with Gasteiger partial charge < -0.3 is 14.8 Å². The second kappa shape index (κ2) is 7.98. The molecule has 1 atom stereocenters. The summed E-state index contributed by atoms with van der Waals surface area (Å²) in [6.07, 6.45) is 2.88. The maximum absolute atomic E-state index is 15.0. The minimum Gasteiger partial charge on any atom is -0.373 e. The number of likely N-dealkylation sites (tertiary alicyclic amines) is 1. The second-order valence-corrected chi connectivity index (χ2v) is 8.28. The Hall–Kier alpha value is -2.90. The lowest BCUT2D eigenvalue weighted by Gasteiger charge is -2.33. The minimum atomic E-state index is -1.03. The van der Waals surface area contributed by atoms with Crippen molar-refractivity contribution in [3.63, 3.8) is 0 Å². The number of carbonyl (C=O) groups excluding carboxylic acids is 1. The molecule has 1 amide bonds. The fourth-order valence-electron chi connectivity index (χ4n) is 4.05. The number of benzene rings is 2. The summed E-state index contributed by atoms with van der Waals surface area (Å²) in [7, 11) is 1.65. The Kier molecular flexibility index (Phi) is 5.49. The first kappa shape index (κ1) is 21.3.